The van der Waals surface area contributed by atoms with Crippen LogP contribution >= 0.6 is 0 Å². The van der Waals surface area contributed by atoms with E-state index in [1.165, 1.54) is 18.2 Å². The van der Waals surface area contributed by atoms with Crippen LogP contribution in [-0.2, 0) is 19.0 Å². The molecule has 31 heavy (non-hydrogen) atoms. The highest BCUT2D eigenvalue weighted by Crippen LogP contribution is 2.40. The Balaban J connectivity index is 1.95. The molecule has 0 aliphatic heterocycles. The minimum absolute atomic E-state index is 0.0604. The van der Waals surface area contributed by atoms with E-state index in [2.05, 4.69) is 4.74 Å². The van der Waals surface area contributed by atoms with Gasteiger partial charge in [0.1, 0.15) is 0 Å². The second-order valence-electron chi connectivity index (χ2n) is 7.26. The highest BCUT2D eigenvalue weighted by Gasteiger charge is 2.36. The van der Waals surface area contributed by atoms with Gasteiger partial charge < -0.3 is 4.74 Å². The van der Waals surface area contributed by atoms with Crippen molar-refractivity contribution < 1.29 is 26.7 Å². The van der Waals surface area contributed by atoms with Crippen LogP contribution in [0.1, 0.15) is 48.9 Å². The predicted molar refractivity (Wildman–Crippen MR) is 111 cm³/mol. The van der Waals surface area contributed by atoms with Crippen molar-refractivity contribution in [2.24, 2.45) is 0 Å². The lowest BCUT2D eigenvalue weighted by Gasteiger charge is -2.21. The first kappa shape index (κ1) is 22.8. The molecule has 164 valence electrons. The lowest BCUT2D eigenvalue weighted by molar-refractivity contribution is -0.187. The summed E-state index contributed by atoms with van der Waals surface area (Å²) < 4.78 is 76.1. The van der Waals surface area contributed by atoms with Gasteiger partial charge in [0.2, 0.25) is 0 Å². The molecule has 0 spiro atoms. The summed E-state index contributed by atoms with van der Waals surface area (Å²) in [5.41, 5.74) is 0.741. The van der Waals surface area contributed by atoms with Crippen LogP contribution in [0.15, 0.2) is 60.7 Å². The van der Waals surface area contributed by atoms with Gasteiger partial charge >= 0.3 is 6.11 Å². The summed E-state index contributed by atoms with van der Waals surface area (Å²) in [6.45, 7) is 3.92. The van der Waals surface area contributed by atoms with Crippen molar-refractivity contribution in [1.82, 2.24) is 0 Å². The van der Waals surface area contributed by atoms with E-state index in [0.717, 1.165) is 36.5 Å². The standard InChI is InChI=1S/C25H23F5O/c1-3-5-17-8-12-19(13-9-17)25(29,30)31-21-15-14-20(22(23(21)26)24(27)28)18-10-6-16(4-2)7-11-18/h6-15,24H,3-5H2,1-2H3. The van der Waals surface area contributed by atoms with E-state index in [4.69, 9.17) is 0 Å². The number of aryl methyl sites for hydroxylation is 2. The molecule has 1 nitrogen and oxygen atoms in total. The second kappa shape index (κ2) is 9.50. The Morgan fingerprint density at radius 2 is 1.45 bits per heavy atom. The lowest BCUT2D eigenvalue weighted by Crippen LogP contribution is -2.22. The van der Waals surface area contributed by atoms with E-state index in [1.54, 1.807) is 36.4 Å². The van der Waals surface area contributed by atoms with Gasteiger partial charge in [-0.3, -0.25) is 0 Å². The molecular formula is C25H23F5O. The van der Waals surface area contributed by atoms with Crippen LogP contribution in [0.25, 0.3) is 11.1 Å². The van der Waals surface area contributed by atoms with Gasteiger partial charge in [0.25, 0.3) is 6.43 Å². The quantitative estimate of drug-likeness (QED) is 0.326. The molecule has 3 aromatic carbocycles. The Hall–Kier alpha value is -2.89. The maximum absolute atomic E-state index is 14.9. The van der Waals surface area contributed by atoms with Crippen LogP contribution in [0.3, 0.4) is 0 Å². The molecule has 0 aliphatic carbocycles. The number of hydrogen-bond acceptors (Lipinski definition) is 1. The number of benzene rings is 3. The lowest BCUT2D eigenvalue weighted by atomic mass is 9.97. The van der Waals surface area contributed by atoms with Crippen LogP contribution in [0.4, 0.5) is 22.0 Å². The van der Waals surface area contributed by atoms with E-state index in [-0.39, 0.29) is 5.56 Å². The number of alkyl halides is 4. The van der Waals surface area contributed by atoms with E-state index in [1.807, 2.05) is 13.8 Å². The van der Waals surface area contributed by atoms with Crippen LogP contribution in [0.2, 0.25) is 0 Å². The van der Waals surface area contributed by atoms with Crippen molar-refractivity contribution >= 4 is 0 Å². The summed E-state index contributed by atoms with van der Waals surface area (Å²) in [4.78, 5) is 0. The van der Waals surface area contributed by atoms with E-state index in [0.29, 0.717) is 5.56 Å². The first-order valence-electron chi connectivity index (χ1n) is 10.1. The molecule has 0 fully saturated rings. The van der Waals surface area contributed by atoms with Gasteiger partial charge in [0, 0.05) is 0 Å². The molecule has 0 aliphatic rings. The minimum atomic E-state index is -3.88. The number of ether oxygens (including phenoxy) is 1. The Kier molecular flexibility index (Phi) is 6.98. The highest BCUT2D eigenvalue weighted by molar-refractivity contribution is 5.69. The maximum Gasteiger partial charge on any atom is 0.426 e. The topological polar surface area (TPSA) is 9.23 Å². The molecule has 3 aromatic rings. The maximum atomic E-state index is 14.9. The average molecular weight is 434 g/mol. The smallest absolute Gasteiger partial charge is 0.426 e. The number of rotatable bonds is 8. The van der Waals surface area contributed by atoms with Crippen LogP contribution in [-0.4, -0.2) is 0 Å². The molecule has 0 saturated carbocycles. The minimum Gasteiger partial charge on any atom is -0.426 e. The van der Waals surface area contributed by atoms with E-state index in [9.17, 15) is 22.0 Å². The van der Waals surface area contributed by atoms with Gasteiger partial charge in [-0.05, 0) is 59.4 Å². The third kappa shape index (κ3) is 5.06. The molecule has 0 unspecified atom stereocenters. The Morgan fingerprint density at radius 1 is 0.839 bits per heavy atom. The second-order valence-corrected chi connectivity index (χ2v) is 7.26. The molecule has 0 heterocycles. The molecule has 0 aromatic heterocycles. The van der Waals surface area contributed by atoms with Gasteiger partial charge in [-0.2, -0.15) is 8.78 Å². The molecule has 0 bridgehead atoms. The molecule has 0 atom stereocenters. The number of hydrogen-bond donors (Lipinski definition) is 0. The first-order chi connectivity index (χ1) is 14.8. The summed E-state index contributed by atoms with van der Waals surface area (Å²) in [5.74, 6) is -2.42. The van der Waals surface area contributed by atoms with Crippen LogP contribution < -0.4 is 4.74 Å². The summed E-state index contributed by atoms with van der Waals surface area (Å²) in [6, 6.07) is 14.3. The van der Waals surface area contributed by atoms with Crippen LogP contribution in [0, 0.1) is 5.82 Å². The van der Waals surface area contributed by atoms with Gasteiger partial charge in [0.15, 0.2) is 11.6 Å². The third-order valence-corrected chi connectivity index (χ3v) is 5.10. The summed E-state index contributed by atoms with van der Waals surface area (Å²) in [5, 5.41) is 0. The van der Waals surface area contributed by atoms with Gasteiger partial charge in [-0.25, -0.2) is 13.2 Å². The number of halogens is 5. The molecule has 6 heteroatoms. The van der Waals surface area contributed by atoms with E-state index >= 15 is 0 Å². The van der Waals surface area contributed by atoms with Crippen molar-refractivity contribution in [2.75, 3.05) is 0 Å². The fourth-order valence-electron chi connectivity index (χ4n) is 3.39. The summed E-state index contributed by atoms with van der Waals surface area (Å²) in [7, 11) is 0. The molecule has 0 saturated heterocycles. The van der Waals surface area contributed by atoms with Gasteiger partial charge in [0.05, 0.1) is 11.1 Å². The Morgan fingerprint density at radius 3 is 2.00 bits per heavy atom. The van der Waals surface area contributed by atoms with Crippen molar-refractivity contribution in [3.8, 4) is 16.9 Å². The Labute approximate surface area is 178 Å². The van der Waals surface area contributed by atoms with Crippen molar-refractivity contribution in [2.45, 2.75) is 45.6 Å². The predicted octanol–water partition coefficient (Wildman–Crippen LogP) is 8.07. The summed E-state index contributed by atoms with van der Waals surface area (Å²) >= 11 is 0. The Bertz CT molecular complexity index is 1010. The van der Waals surface area contributed by atoms with Crippen LogP contribution in [0.5, 0.6) is 5.75 Å². The zero-order valence-electron chi connectivity index (χ0n) is 17.3. The highest BCUT2D eigenvalue weighted by atomic mass is 19.3. The largest absolute Gasteiger partial charge is 0.426 e. The molecule has 3 rings (SSSR count). The summed E-state index contributed by atoms with van der Waals surface area (Å²) in [6.07, 6.45) is -4.72. The van der Waals surface area contributed by atoms with Crippen molar-refractivity contribution in [3.63, 3.8) is 0 Å². The van der Waals surface area contributed by atoms with Crippen molar-refractivity contribution in [1.29, 1.82) is 0 Å². The molecule has 0 N–H and O–H groups in total. The fourth-order valence-corrected chi connectivity index (χ4v) is 3.39. The van der Waals surface area contributed by atoms with Crippen molar-refractivity contribution in [3.05, 3.63) is 88.7 Å². The third-order valence-electron chi connectivity index (χ3n) is 5.10. The monoisotopic (exact) mass is 434 g/mol. The SMILES string of the molecule is CCCc1ccc(C(F)(F)Oc2ccc(-c3ccc(CC)cc3)c(C(F)F)c2F)cc1. The average Bonchev–Trinajstić information content (AvgIpc) is 2.75. The molecule has 0 amide bonds. The van der Waals surface area contributed by atoms with Gasteiger partial charge in [-0.15, -0.1) is 0 Å². The molecular weight excluding hydrogens is 411 g/mol. The fraction of sp³-hybridized carbons (Fsp3) is 0.280. The normalized spacial score (nSPS) is 11.7. The zero-order chi connectivity index (χ0) is 22.6. The first-order valence-corrected chi connectivity index (χ1v) is 10.1. The zero-order valence-corrected chi connectivity index (χ0v) is 17.3. The van der Waals surface area contributed by atoms with E-state index < -0.39 is 35.2 Å². The molecule has 0 radical (unpaired) electrons. The van der Waals surface area contributed by atoms with Gasteiger partial charge in [-0.1, -0.05) is 56.7 Å².